The molecule has 0 spiro atoms. The molecule has 2 fully saturated rings. The molecule has 0 aliphatic carbocycles. The smallest absolute Gasteiger partial charge is 0.104 e. The van der Waals surface area contributed by atoms with Crippen LogP contribution in [0.3, 0.4) is 0 Å². The van der Waals surface area contributed by atoms with E-state index in [9.17, 15) is 0 Å². The van der Waals surface area contributed by atoms with Crippen molar-refractivity contribution in [3.8, 4) is 0 Å². The van der Waals surface area contributed by atoms with E-state index in [1.807, 2.05) is 0 Å². The first-order valence-corrected chi connectivity index (χ1v) is 7.31. The Kier molecular flexibility index (Phi) is 6.41. The summed E-state index contributed by atoms with van der Waals surface area (Å²) in [6.45, 7) is 6.38. The monoisotopic (exact) mass is 258 g/mol. The van der Waals surface area contributed by atoms with E-state index in [4.69, 9.17) is 18.9 Å². The predicted molar refractivity (Wildman–Crippen MR) is 68.8 cm³/mol. The van der Waals surface area contributed by atoms with Crippen LogP contribution in [0.2, 0.25) is 0 Å². The Labute approximate surface area is 110 Å². The SMILES string of the molecule is CCCC(CCCCOCC1CO1)OCC1CO1. The van der Waals surface area contributed by atoms with Gasteiger partial charge in [0.2, 0.25) is 0 Å². The zero-order chi connectivity index (χ0) is 12.6. The molecule has 0 aromatic heterocycles. The van der Waals surface area contributed by atoms with Crippen LogP contribution in [0.25, 0.3) is 0 Å². The Bertz CT molecular complexity index is 214. The summed E-state index contributed by atoms with van der Waals surface area (Å²) < 4.78 is 21.7. The molecular formula is C14H26O4. The van der Waals surface area contributed by atoms with Crippen molar-refractivity contribution in [1.29, 1.82) is 0 Å². The molecule has 2 saturated heterocycles. The van der Waals surface area contributed by atoms with Crippen molar-refractivity contribution in [2.45, 2.75) is 57.3 Å². The summed E-state index contributed by atoms with van der Waals surface area (Å²) in [5, 5.41) is 0. The van der Waals surface area contributed by atoms with Gasteiger partial charge in [-0.05, 0) is 25.7 Å². The molecule has 0 radical (unpaired) electrons. The molecule has 2 heterocycles. The first kappa shape index (κ1) is 14.3. The first-order valence-electron chi connectivity index (χ1n) is 7.31. The average Bonchev–Trinajstić information content (AvgIpc) is 3.25. The van der Waals surface area contributed by atoms with Gasteiger partial charge in [0, 0.05) is 6.61 Å². The van der Waals surface area contributed by atoms with E-state index in [-0.39, 0.29) is 0 Å². The molecule has 0 saturated carbocycles. The zero-order valence-electron chi connectivity index (χ0n) is 11.4. The van der Waals surface area contributed by atoms with E-state index in [2.05, 4.69) is 6.92 Å². The summed E-state index contributed by atoms with van der Waals surface area (Å²) in [7, 11) is 0. The van der Waals surface area contributed by atoms with Crippen LogP contribution in [0.5, 0.6) is 0 Å². The molecule has 3 atom stereocenters. The number of rotatable bonds is 12. The normalized spacial score (nSPS) is 27.2. The molecule has 0 bridgehead atoms. The van der Waals surface area contributed by atoms with Gasteiger partial charge >= 0.3 is 0 Å². The second-order valence-corrected chi connectivity index (χ2v) is 5.23. The van der Waals surface area contributed by atoms with Gasteiger partial charge in [0.25, 0.3) is 0 Å². The maximum atomic E-state index is 5.88. The van der Waals surface area contributed by atoms with Crippen molar-refractivity contribution in [1.82, 2.24) is 0 Å². The molecule has 2 aliphatic rings. The quantitative estimate of drug-likeness (QED) is 0.397. The van der Waals surface area contributed by atoms with Crippen LogP contribution < -0.4 is 0 Å². The molecule has 0 amide bonds. The highest BCUT2D eigenvalue weighted by Crippen LogP contribution is 2.16. The molecule has 0 aromatic rings. The van der Waals surface area contributed by atoms with Gasteiger partial charge in [-0.25, -0.2) is 0 Å². The number of epoxide rings is 2. The van der Waals surface area contributed by atoms with E-state index in [1.165, 1.54) is 12.8 Å². The molecule has 4 heteroatoms. The van der Waals surface area contributed by atoms with Gasteiger partial charge in [-0.2, -0.15) is 0 Å². The minimum absolute atomic E-state index is 0.381. The molecule has 0 N–H and O–H groups in total. The Morgan fingerprint density at radius 3 is 2.44 bits per heavy atom. The maximum Gasteiger partial charge on any atom is 0.104 e. The summed E-state index contributed by atoms with van der Waals surface area (Å²) in [6, 6.07) is 0. The average molecular weight is 258 g/mol. The molecule has 3 unspecified atom stereocenters. The summed E-state index contributed by atoms with van der Waals surface area (Å²) >= 11 is 0. The Morgan fingerprint density at radius 1 is 1.06 bits per heavy atom. The summed E-state index contributed by atoms with van der Waals surface area (Å²) in [6.07, 6.45) is 6.97. The largest absolute Gasteiger partial charge is 0.379 e. The molecule has 106 valence electrons. The fourth-order valence-corrected chi connectivity index (χ4v) is 2.00. The van der Waals surface area contributed by atoms with Crippen molar-refractivity contribution in [3.63, 3.8) is 0 Å². The van der Waals surface area contributed by atoms with Gasteiger partial charge < -0.3 is 18.9 Å². The zero-order valence-corrected chi connectivity index (χ0v) is 11.4. The molecule has 18 heavy (non-hydrogen) atoms. The van der Waals surface area contributed by atoms with Crippen molar-refractivity contribution < 1.29 is 18.9 Å². The lowest BCUT2D eigenvalue weighted by molar-refractivity contribution is 0.0280. The minimum atomic E-state index is 0.381. The fraction of sp³-hybridized carbons (Fsp3) is 1.00. The van der Waals surface area contributed by atoms with Crippen LogP contribution in [0, 0.1) is 0 Å². The number of ether oxygens (including phenoxy) is 4. The topological polar surface area (TPSA) is 43.5 Å². The number of unbranched alkanes of at least 4 members (excludes halogenated alkanes) is 1. The fourth-order valence-electron chi connectivity index (χ4n) is 2.00. The van der Waals surface area contributed by atoms with Crippen molar-refractivity contribution in [2.24, 2.45) is 0 Å². The summed E-state index contributed by atoms with van der Waals surface area (Å²) in [4.78, 5) is 0. The second-order valence-electron chi connectivity index (χ2n) is 5.23. The highest BCUT2D eigenvalue weighted by Gasteiger charge is 2.24. The first-order chi connectivity index (χ1) is 8.88. The summed E-state index contributed by atoms with van der Waals surface area (Å²) in [5.41, 5.74) is 0. The lowest BCUT2D eigenvalue weighted by Crippen LogP contribution is -2.16. The Balaban J connectivity index is 1.42. The van der Waals surface area contributed by atoms with Crippen LogP contribution >= 0.6 is 0 Å². The standard InChI is InChI=1S/C14H26O4/c1-2-5-12(16-10-14-11-18-14)6-3-4-7-15-8-13-9-17-13/h12-14H,2-11H2,1H3. The molecule has 0 aromatic carbocycles. The van der Waals surface area contributed by atoms with Crippen LogP contribution in [0.1, 0.15) is 39.0 Å². The van der Waals surface area contributed by atoms with Crippen molar-refractivity contribution in [2.75, 3.05) is 33.0 Å². The third-order valence-corrected chi connectivity index (χ3v) is 3.30. The molecule has 2 rings (SSSR count). The van der Waals surface area contributed by atoms with Crippen molar-refractivity contribution in [3.05, 3.63) is 0 Å². The Hall–Kier alpha value is -0.160. The highest BCUT2D eigenvalue weighted by molar-refractivity contribution is 4.69. The van der Waals surface area contributed by atoms with Crippen molar-refractivity contribution >= 4 is 0 Å². The third-order valence-electron chi connectivity index (χ3n) is 3.30. The van der Waals surface area contributed by atoms with E-state index < -0.39 is 0 Å². The molecular weight excluding hydrogens is 232 g/mol. The predicted octanol–water partition coefficient (Wildman–Crippen LogP) is 2.16. The lowest BCUT2D eigenvalue weighted by Gasteiger charge is -2.16. The van der Waals surface area contributed by atoms with Gasteiger partial charge in [0.05, 0.1) is 32.5 Å². The second kappa shape index (κ2) is 8.10. The van der Waals surface area contributed by atoms with Crippen LogP contribution in [0.4, 0.5) is 0 Å². The lowest BCUT2D eigenvalue weighted by atomic mass is 10.1. The van der Waals surface area contributed by atoms with Crippen LogP contribution in [-0.2, 0) is 18.9 Å². The number of hydrogen-bond donors (Lipinski definition) is 0. The van der Waals surface area contributed by atoms with Gasteiger partial charge in [-0.15, -0.1) is 0 Å². The van der Waals surface area contributed by atoms with E-state index in [0.29, 0.717) is 18.3 Å². The third kappa shape index (κ3) is 6.69. The summed E-state index contributed by atoms with van der Waals surface area (Å²) in [5.74, 6) is 0. The minimum Gasteiger partial charge on any atom is -0.379 e. The van der Waals surface area contributed by atoms with Gasteiger partial charge in [-0.3, -0.25) is 0 Å². The molecule has 4 nitrogen and oxygen atoms in total. The van der Waals surface area contributed by atoms with Crippen LogP contribution in [0.15, 0.2) is 0 Å². The van der Waals surface area contributed by atoms with Crippen LogP contribution in [-0.4, -0.2) is 51.3 Å². The highest BCUT2D eigenvalue weighted by atomic mass is 16.6. The van der Waals surface area contributed by atoms with E-state index >= 15 is 0 Å². The Morgan fingerprint density at radius 2 is 1.78 bits per heavy atom. The number of hydrogen-bond acceptors (Lipinski definition) is 4. The maximum absolute atomic E-state index is 5.88. The van der Waals surface area contributed by atoms with Gasteiger partial charge in [0.1, 0.15) is 12.2 Å². The van der Waals surface area contributed by atoms with E-state index in [0.717, 1.165) is 52.3 Å². The van der Waals surface area contributed by atoms with Gasteiger partial charge in [0.15, 0.2) is 0 Å². The molecule has 2 aliphatic heterocycles. The van der Waals surface area contributed by atoms with Gasteiger partial charge in [-0.1, -0.05) is 13.3 Å². The van der Waals surface area contributed by atoms with E-state index in [1.54, 1.807) is 0 Å².